The van der Waals surface area contributed by atoms with E-state index in [2.05, 4.69) is 69.1 Å². The van der Waals surface area contributed by atoms with Gasteiger partial charge in [0.2, 0.25) is 0 Å². The van der Waals surface area contributed by atoms with Crippen LogP contribution in [0.15, 0.2) is 30.3 Å². The Bertz CT molecular complexity index is 969. The van der Waals surface area contributed by atoms with E-state index < -0.39 is 5.54 Å². The Morgan fingerprint density at radius 1 is 1.08 bits per heavy atom. The Morgan fingerprint density at radius 2 is 1.70 bits per heavy atom. The van der Waals surface area contributed by atoms with E-state index in [1.165, 1.54) is 10.5 Å². The molecule has 3 aliphatic rings. The summed E-state index contributed by atoms with van der Waals surface area (Å²) in [4.78, 5) is 45.7. The fourth-order valence-electron chi connectivity index (χ4n) is 6.59. The van der Waals surface area contributed by atoms with Crippen LogP contribution >= 0.6 is 12.4 Å². The molecule has 206 valence electrons. The third-order valence-electron chi connectivity index (χ3n) is 8.23. The zero-order chi connectivity index (χ0) is 26.3. The van der Waals surface area contributed by atoms with Crippen LogP contribution in [0.5, 0.6) is 0 Å². The van der Waals surface area contributed by atoms with Crippen LogP contribution in [0.25, 0.3) is 0 Å². The number of nitrogens with one attached hydrogen (secondary N) is 1. The molecule has 7 nitrogen and oxygen atoms in total. The van der Waals surface area contributed by atoms with Gasteiger partial charge in [-0.25, -0.2) is 4.79 Å². The zero-order valence-corrected chi connectivity index (χ0v) is 24.1. The molecule has 37 heavy (non-hydrogen) atoms. The summed E-state index contributed by atoms with van der Waals surface area (Å²) in [6.07, 6.45) is 1.67. The van der Waals surface area contributed by atoms with Crippen molar-refractivity contribution in [3.63, 3.8) is 0 Å². The van der Waals surface area contributed by atoms with Crippen molar-refractivity contribution in [2.45, 2.75) is 71.4 Å². The van der Waals surface area contributed by atoms with Crippen LogP contribution in [0.2, 0.25) is 0 Å². The van der Waals surface area contributed by atoms with Crippen molar-refractivity contribution < 1.29 is 14.4 Å². The molecule has 0 aromatic heterocycles. The second-order valence-electron chi connectivity index (χ2n) is 12.7. The highest BCUT2D eigenvalue weighted by Gasteiger charge is 2.57. The van der Waals surface area contributed by atoms with Gasteiger partial charge in [0.1, 0.15) is 5.54 Å². The second kappa shape index (κ2) is 11.4. The van der Waals surface area contributed by atoms with E-state index in [0.29, 0.717) is 38.9 Å². The maximum absolute atomic E-state index is 13.9. The minimum Gasteiger partial charge on any atom is -0.316 e. The molecule has 1 spiro atoms. The van der Waals surface area contributed by atoms with Gasteiger partial charge >= 0.3 is 6.03 Å². The van der Waals surface area contributed by atoms with Gasteiger partial charge in [-0.2, -0.15) is 0 Å². The zero-order valence-electron chi connectivity index (χ0n) is 23.3. The third-order valence-corrected chi connectivity index (χ3v) is 8.23. The lowest BCUT2D eigenvalue weighted by Crippen LogP contribution is -2.60. The predicted molar refractivity (Wildman–Crippen MR) is 149 cm³/mol. The van der Waals surface area contributed by atoms with Gasteiger partial charge in [-0.15, -0.1) is 12.4 Å². The lowest BCUT2D eigenvalue weighted by molar-refractivity contribution is -0.136. The van der Waals surface area contributed by atoms with Gasteiger partial charge in [0.25, 0.3) is 5.91 Å². The van der Waals surface area contributed by atoms with Gasteiger partial charge in [0, 0.05) is 58.0 Å². The maximum Gasteiger partial charge on any atom is 0.327 e. The number of likely N-dealkylation sites (N-methyl/N-ethyl adjacent to an activating group) is 1. The Labute approximate surface area is 228 Å². The topological polar surface area (TPSA) is 73.0 Å². The molecule has 0 bridgehead atoms. The Morgan fingerprint density at radius 3 is 2.27 bits per heavy atom. The SMILES string of the molecule is CC(C)CN1C(=O)N(C)C(=O)C12CCN(C(C(=O)CC(C)(C)C)C1CNCC1c1ccccc1)CC2.Cl. The number of piperidine rings is 1. The molecular formula is C29H45ClN4O3. The molecule has 3 unspecified atom stereocenters. The third kappa shape index (κ3) is 5.89. The first-order chi connectivity index (χ1) is 16.9. The molecular weight excluding hydrogens is 488 g/mol. The number of amides is 3. The summed E-state index contributed by atoms with van der Waals surface area (Å²) in [6.45, 7) is 14.1. The van der Waals surface area contributed by atoms with Crippen LogP contribution < -0.4 is 5.32 Å². The summed E-state index contributed by atoms with van der Waals surface area (Å²) in [5.74, 6) is 0.925. The van der Waals surface area contributed by atoms with Crippen LogP contribution in [0, 0.1) is 17.3 Å². The quantitative estimate of drug-likeness (QED) is 0.534. The molecule has 3 fully saturated rings. The highest BCUT2D eigenvalue weighted by molar-refractivity contribution is 6.06. The van der Waals surface area contributed by atoms with Crippen LogP contribution in [0.4, 0.5) is 4.79 Å². The van der Waals surface area contributed by atoms with Crippen LogP contribution in [-0.2, 0) is 9.59 Å². The number of benzene rings is 1. The number of Topliss-reactive ketones (excluding diaryl/α,β-unsaturated/α-hetero) is 1. The molecule has 0 radical (unpaired) electrons. The van der Waals surface area contributed by atoms with Crippen LogP contribution in [0.1, 0.15) is 65.4 Å². The summed E-state index contributed by atoms with van der Waals surface area (Å²) in [5.41, 5.74) is 0.401. The molecule has 0 saturated carbocycles. The van der Waals surface area contributed by atoms with Crippen molar-refractivity contribution >= 4 is 30.1 Å². The smallest absolute Gasteiger partial charge is 0.316 e. The Balaban J connectivity index is 0.00000380. The summed E-state index contributed by atoms with van der Waals surface area (Å²) in [5, 5.41) is 3.56. The van der Waals surface area contributed by atoms with E-state index >= 15 is 0 Å². The fraction of sp³-hybridized carbons (Fsp3) is 0.690. The van der Waals surface area contributed by atoms with E-state index in [4.69, 9.17) is 0 Å². The van der Waals surface area contributed by atoms with Crippen molar-refractivity contribution in [3.8, 4) is 0 Å². The van der Waals surface area contributed by atoms with Crippen molar-refractivity contribution in [1.29, 1.82) is 0 Å². The van der Waals surface area contributed by atoms with Gasteiger partial charge in [-0.3, -0.25) is 19.4 Å². The van der Waals surface area contributed by atoms with Crippen molar-refractivity contribution in [1.82, 2.24) is 20.0 Å². The summed E-state index contributed by atoms with van der Waals surface area (Å²) in [6, 6.07) is 10.1. The lowest BCUT2D eigenvalue weighted by Gasteiger charge is -2.46. The number of hydrogen-bond donors (Lipinski definition) is 1. The van der Waals surface area contributed by atoms with E-state index in [9.17, 15) is 14.4 Å². The molecule has 3 aliphatic heterocycles. The van der Waals surface area contributed by atoms with Crippen molar-refractivity contribution in [2.75, 3.05) is 39.8 Å². The standard InChI is InChI=1S/C29H44N4O3.ClH/c1-20(2)19-33-27(36)31(6)26(35)29(33)12-14-32(15-13-29)25(24(34)16-28(3,4)5)23-18-30-17-22(23)21-10-8-7-9-11-21;/h7-11,20,22-23,25,30H,12-19H2,1-6H3;1H. The molecule has 3 heterocycles. The number of rotatable bonds is 7. The van der Waals surface area contributed by atoms with Crippen LogP contribution in [0.3, 0.4) is 0 Å². The average Bonchev–Trinajstić information content (AvgIpc) is 3.35. The molecule has 4 rings (SSSR count). The lowest BCUT2D eigenvalue weighted by atomic mass is 9.76. The first-order valence-electron chi connectivity index (χ1n) is 13.6. The highest BCUT2D eigenvalue weighted by atomic mass is 35.5. The van der Waals surface area contributed by atoms with Crippen molar-refractivity contribution in [3.05, 3.63) is 35.9 Å². The molecule has 1 aromatic carbocycles. The fourth-order valence-corrected chi connectivity index (χ4v) is 6.59. The van der Waals surface area contributed by atoms with Gasteiger partial charge in [-0.1, -0.05) is 65.0 Å². The molecule has 3 amide bonds. The van der Waals surface area contributed by atoms with Gasteiger partial charge in [-0.05, 0) is 29.7 Å². The second-order valence-corrected chi connectivity index (χ2v) is 12.7. The molecule has 8 heteroatoms. The molecule has 0 aliphatic carbocycles. The number of carbonyl (C=O) groups excluding carboxylic acids is 3. The molecule has 3 atom stereocenters. The van der Waals surface area contributed by atoms with E-state index in [1.54, 1.807) is 7.05 Å². The molecule has 1 N–H and O–H groups in total. The van der Waals surface area contributed by atoms with Gasteiger partial charge in [0.05, 0.1) is 6.04 Å². The monoisotopic (exact) mass is 532 g/mol. The van der Waals surface area contributed by atoms with Crippen molar-refractivity contribution in [2.24, 2.45) is 17.3 Å². The minimum atomic E-state index is -0.781. The number of ketones is 1. The maximum atomic E-state index is 13.9. The number of hydrogen-bond acceptors (Lipinski definition) is 5. The Hall–Kier alpha value is -1.96. The van der Waals surface area contributed by atoms with E-state index in [-0.39, 0.29) is 59.3 Å². The number of likely N-dealkylation sites (tertiary alicyclic amines) is 1. The number of imide groups is 1. The summed E-state index contributed by atoms with van der Waals surface area (Å²) >= 11 is 0. The minimum absolute atomic E-state index is 0. The number of carbonyl (C=O) groups is 3. The van der Waals surface area contributed by atoms with E-state index in [0.717, 1.165) is 13.1 Å². The first kappa shape index (κ1) is 29.6. The Kier molecular flexibility index (Phi) is 9.14. The molecule has 3 saturated heterocycles. The summed E-state index contributed by atoms with van der Waals surface area (Å²) in [7, 11) is 1.60. The van der Waals surface area contributed by atoms with Gasteiger partial charge < -0.3 is 10.2 Å². The van der Waals surface area contributed by atoms with Gasteiger partial charge in [0.15, 0.2) is 5.78 Å². The average molecular weight is 533 g/mol. The summed E-state index contributed by atoms with van der Waals surface area (Å²) < 4.78 is 0. The highest BCUT2D eigenvalue weighted by Crippen LogP contribution is 2.41. The number of nitrogens with zero attached hydrogens (tertiary/aromatic N) is 3. The van der Waals surface area contributed by atoms with Crippen LogP contribution in [-0.4, -0.2) is 83.8 Å². The van der Waals surface area contributed by atoms with E-state index in [1.807, 2.05) is 11.0 Å². The normalized spacial score (nSPS) is 25.2. The number of halogens is 1. The number of urea groups is 1. The predicted octanol–water partition coefficient (Wildman–Crippen LogP) is 4.17. The molecule has 1 aromatic rings. The first-order valence-corrected chi connectivity index (χ1v) is 13.6. The largest absolute Gasteiger partial charge is 0.327 e.